The van der Waals surface area contributed by atoms with Crippen LogP contribution in [0.2, 0.25) is 6.04 Å². The van der Waals surface area contributed by atoms with Crippen molar-refractivity contribution in [3.8, 4) is 0 Å². The highest BCUT2D eigenvalue weighted by Gasteiger charge is 2.10. The summed E-state index contributed by atoms with van der Waals surface area (Å²) in [5, 5.41) is 0. The molecule has 62 valence electrons. The molecule has 0 unspecified atom stereocenters. The van der Waals surface area contributed by atoms with Crippen LogP contribution in [0.15, 0.2) is 0 Å². The minimum atomic E-state index is -1.44. The quantitative estimate of drug-likeness (QED) is 0.503. The molecule has 4 heteroatoms. The van der Waals surface area contributed by atoms with Gasteiger partial charge in [-0.1, -0.05) is 0 Å². The summed E-state index contributed by atoms with van der Waals surface area (Å²) in [4.78, 5) is 0. The Morgan fingerprint density at radius 2 is 1.80 bits per heavy atom. The molecule has 0 aromatic heterocycles. The first-order valence-corrected chi connectivity index (χ1v) is 7.65. The molecule has 0 spiro atoms. The van der Waals surface area contributed by atoms with E-state index in [2.05, 4.69) is 0 Å². The summed E-state index contributed by atoms with van der Waals surface area (Å²) in [6, 6.07) is 0.834. The van der Waals surface area contributed by atoms with Crippen molar-refractivity contribution in [1.82, 2.24) is 0 Å². The topological polar surface area (TPSA) is 9.23 Å². The molecule has 0 aliphatic rings. The fourth-order valence-corrected chi connectivity index (χ4v) is 1.28. The summed E-state index contributed by atoms with van der Waals surface area (Å²) in [5.74, 6) is 0. The molecule has 0 bridgehead atoms. The lowest BCUT2D eigenvalue weighted by Crippen LogP contribution is -2.20. The van der Waals surface area contributed by atoms with Crippen LogP contribution >= 0.6 is 22.2 Å². The minimum absolute atomic E-state index is 0.0585. The summed E-state index contributed by atoms with van der Waals surface area (Å²) >= 11 is 11.3. The first-order valence-electron chi connectivity index (χ1n) is 3.34. The lowest BCUT2D eigenvalue weighted by Gasteiger charge is -2.19. The third-order valence-corrected chi connectivity index (χ3v) is 2.85. The number of hydrogen-bond donors (Lipinski definition) is 0. The van der Waals surface area contributed by atoms with Crippen LogP contribution < -0.4 is 0 Å². The Bertz CT molecular complexity index is 90.2. The summed E-state index contributed by atoms with van der Waals surface area (Å²) < 4.78 is 5.41. The second kappa shape index (κ2) is 4.60. The van der Waals surface area contributed by atoms with Gasteiger partial charge in [0.1, 0.15) is 0 Å². The maximum absolute atomic E-state index is 5.63. The monoisotopic (exact) mass is 200 g/mol. The smallest absolute Gasteiger partial charge is 0.239 e. The van der Waals surface area contributed by atoms with E-state index < -0.39 is 7.42 Å². The predicted octanol–water partition coefficient (Wildman–Crippen LogP) is 2.50. The van der Waals surface area contributed by atoms with Gasteiger partial charge in [-0.25, -0.2) is 0 Å². The normalized spacial score (nSPS) is 12.6. The SMILES string of the molecule is CC(C)(C)OCC[SiH](Cl)Cl. The van der Waals surface area contributed by atoms with Gasteiger partial charge in [0.05, 0.1) is 5.60 Å². The van der Waals surface area contributed by atoms with Gasteiger partial charge in [0.2, 0.25) is 7.42 Å². The summed E-state index contributed by atoms with van der Waals surface area (Å²) in [6.45, 7) is 6.75. The molecule has 0 N–H and O–H groups in total. The van der Waals surface area contributed by atoms with Gasteiger partial charge >= 0.3 is 0 Å². The highest BCUT2D eigenvalue weighted by molar-refractivity contribution is 7.33. The average molecular weight is 201 g/mol. The zero-order chi connectivity index (χ0) is 8.20. The molecule has 0 aromatic carbocycles. The van der Waals surface area contributed by atoms with Gasteiger partial charge in [-0.15, -0.1) is 0 Å². The van der Waals surface area contributed by atoms with E-state index in [0.29, 0.717) is 6.61 Å². The molecular formula is C6H14Cl2OSi. The van der Waals surface area contributed by atoms with E-state index in [-0.39, 0.29) is 5.60 Å². The van der Waals surface area contributed by atoms with E-state index >= 15 is 0 Å². The van der Waals surface area contributed by atoms with Crippen LogP contribution in [0.1, 0.15) is 20.8 Å². The number of hydrogen-bond acceptors (Lipinski definition) is 1. The second-order valence-electron chi connectivity index (χ2n) is 3.14. The molecule has 1 nitrogen and oxygen atoms in total. The largest absolute Gasteiger partial charge is 0.376 e. The van der Waals surface area contributed by atoms with Crippen molar-refractivity contribution in [2.45, 2.75) is 32.4 Å². The third kappa shape index (κ3) is 8.76. The van der Waals surface area contributed by atoms with Crippen molar-refractivity contribution in [2.24, 2.45) is 0 Å². The Kier molecular flexibility index (Phi) is 4.95. The molecule has 0 aromatic rings. The maximum atomic E-state index is 5.63. The minimum Gasteiger partial charge on any atom is -0.376 e. The van der Waals surface area contributed by atoms with Crippen LogP contribution in [0.5, 0.6) is 0 Å². The molecular weight excluding hydrogens is 187 g/mol. The fourth-order valence-electron chi connectivity index (χ4n) is 0.454. The van der Waals surface area contributed by atoms with E-state index in [4.69, 9.17) is 26.9 Å². The first-order chi connectivity index (χ1) is 4.42. The van der Waals surface area contributed by atoms with Gasteiger partial charge in [0, 0.05) is 6.61 Å². The predicted molar refractivity (Wildman–Crippen MR) is 49.4 cm³/mol. The standard InChI is InChI=1S/C6H14Cl2OSi/c1-6(2,3)9-4-5-10(7)8/h10H,4-5H2,1-3H3. The van der Waals surface area contributed by atoms with Crippen molar-refractivity contribution < 1.29 is 4.74 Å². The summed E-state index contributed by atoms with van der Waals surface area (Å²) in [5.41, 5.74) is -0.0585. The van der Waals surface area contributed by atoms with Gasteiger partial charge in [-0.05, 0) is 26.8 Å². The Morgan fingerprint density at radius 3 is 2.10 bits per heavy atom. The number of halogens is 2. The van der Waals surface area contributed by atoms with Gasteiger partial charge < -0.3 is 4.74 Å². The highest BCUT2D eigenvalue weighted by Crippen LogP contribution is 2.10. The van der Waals surface area contributed by atoms with Crippen molar-refractivity contribution in [1.29, 1.82) is 0 Å². The van der Waals surface area contributed by atoms with Gasteiger partial charge in [0.15, 0.2) is 0 Å². The van der Waals surface area contributed by atoms with Crippen molar-refractivity contribution in [2.75, 3.05) is 6.61 Å². The van der Waals surface area contributed by atoms with E-state index in [9.17, 15) is 0 Å². The number of rotatable bonds is 3. The first kappa shape index (κ1) is 10.8. The van der Waals surface area contributed by atoms with E-state index in [1.807, 2.05) is 20.8 Å². The van der Waals surface area contributed by atoms with E-state index in [1.54, 1.807) is 0 Å². The average Bonchev–Trinajstić information content (AvgIpc) is 1.59. The summed E-state index contributed by atoms with van der Waals surface area (Å²) in [6.07, 6.45) is 0. The Balaban J connectivity index is 3.21. The maximum Gasteiger partial charge on any atom is 0.239 e. The third-order valence-electron chi connectivity index (χ3n) is 0.871. The van der Waals surface area contributed by atoms with Gasteiger partial charge in [-0.2, -0.15) is 22.2 Å². The molecule has 0 radical (unpaired) electrons. The molecule has 10 heavy (non-hydrogen) atoms. The Hall–Kier alpha value is 0.757. The molecule has 0 saturated carbocycles. The zero-order valence-corrected chi connectivity index (χ0v) is 9.32. The Labute approximate surface area is 73.7 Å². The summed E-state index contributed by atoms with van der Waals surface area (Å²) in [7, 11) is -1.44. The van der Waals surface area contributed by atoms with Crippen LogP contribution in [-0.2, 0) is 4.74 Å². The van der Waals surface area contributed by atoms with Gasteiger partial charge in [0.25, 0.3) is 0 Å². The highest BCUT2D eigenvalue weighted by atomic mass is 35.7. The van der Waals surface area contributed by atoms with Crippen LogP contribution in [-0.4, -0.2) is 19.6 Å². The molecule has 0 amide bonds. The number of ether oxygens (including phenoxy) is 1. The van der Waals surface area contributed by atoms with Gasteiger partial charge in [-0.3, -0.25) is 0 Å². The van der Waals surface area contributed by atoms with Crippen molar-refractivity contribution >= 4 is 29.6 Å². The molecule has 0 atom stereocenters. The van der Waals surface area contributed by atoms with E-state index in [1.165, 1.54) is 0 Å². The van der Waals surface area contributed by atoms with Crippen LogP contribution in [0, 0.1) is 0 Å². The Morgan fingerprint density at radius 1 is 1.30 bits per heavy atom. The van der Waals surface area contributed by atoms with Crippen LogP contribution in [0.25, 0.3) is 0 Å². The fraction of sp³-hybridized carbons (Fsp3) is 1.00. The molecule has 0 heterocycles. The lowest BCUT2D eigenvalue weighted by atomic mass is 10.2. The second-order valence-corrected chi connectivity index (χ2v) is 8.33. The zero-order valence-electron chi connectivity index (χ0n) is 6.66. The van der Waals surface area contributed by atoms with Crippen molar-refractivity contribution in [3.05, 3.63) is 0 Å². The van der Waals surface area contributed by atoms with Crippen LogP contribution in [0.3, 0.4) is 0 Å². The molecule has 0 rings (SSSR count). The molecule has 0 fully saturated rings. The molecule has 0 aliphatic heterocycles. The van der Waals surface area contributed by atoms with E-state index in [0.717, 1.165) is 6.04 Å². The molecule has 0 aliphatic carbocycles. The van der Waals surface area contributed by atoms with Crippen molar-refractivity contribution in [3.63, 3.8) is 0 Å². The lowest BCUT2D eigenvalue weighted by molar-refractivity contribution is 0.00538. The molecule has 0 saturated heterocycles. The van der Waals surface area contributed by atoms with Crippen LogP contribution in [0.4, 0.5) is 0 Å².